The number of carbonyl (C=O) groups excluding carboxylic acids is 3. The highest BCUT2D eigenvalue weighted by Gasteiger charge is 2.26. The first kappa shape index (κ1) is 22.6. The highest BCUT2D eigenvalue weighted by Crippen LogP contribution is 2.15. The molecule has 2 amide bonds. The van der Waals surface area contributed by atoms with Crippen LogP contribution in [-0.2, 0) is 24.3 Å². The fourth-order valence-corrected chi connectivity index (χ4v) is 3.42. The fourth-order valence-electron chi connectivity index (χ4n) is 2.38. The lowest BCUT2D eigenvalue weighted by Gasteiger charge is -2.19. The number of rotatable bonds is 11. The summed E-state index contributed by atoms with van der Waals surface area (Å²) in [6.07, 6.45) is 2.85. The lowest BCUT2D eigenvalue weighted by atomic mass is 10.0. The van der Waals surface area contributed by atoms with Crippen LogP contribution in [0.5, 0.6) is 0 Å². The number of nitrogens with one attached hydrogen (secondary N) is 1. The molecule has 1 atom stereocenters. The van der Waals surface area contributed by atoms with Gasteiger partial charge in [0.25, 0.3) is 10.0 Å². The van der Waals surface area contributed by atoms with Gasteiger partial charge in [0.1, 0.15) is 0 Å². The lowest BCUT2D eigenvalue weighted by Crippen LogP contribution is -2.40. The minimum absolute atomic E-state index is 0.153. The molecule has 0 bridgehead atoms. The van der Waals surface area contributed by atoms with Crippen LogP contribution in [0.4, 0.5) is 0 Å². The van der Waals surface area contributed by atoms with Crippen molar-refractivity contribution in [2.24, 2.45) is 5.92 Å². The van der Waals surface area contributed by atoms with E-state index >= 15 is 0 Å². The zero-order valence-corrected chi connectivity index (χ0v) is 16.1. The Morgan fingerprint density at radius 3 is 2.41 bits per heavy atom. The molecule has 0 aromatic heterocycles. The summed E-state index contributed by atoms with van der Waals surface area (Å²) in [6.45, 7) is 1.66. The number of esters is 1. The van der Waals surface area contributed by atoms with Gasteiger partial charge >= 0.3 is 5.97 Å². The largest absolute Gasteiger partial charge is 0.465 e. The third-order valence-corrected chi connectivity index (χ3v) is 5.24. The molecule has 27 heavy (non-hydrogen) atoms. The van der Waals surface area contributed by atoms with Crippen LogP contribution >= 0.6 is 0 Å². The van der Waals surface area contributed by atoms with E-state index in [1.165, 1.54) is 31.4 Å². The molecule has 0 saturated carbocycles. The normalized spacial score (nSPS) is 12.1. The third kappa shape index (κ3) is 6.99. The molecule has 0 saturated heterocycles. The van der Waals surface area contributed by atoms with Crippen LogP contribution < -0.4 is 4.72 Å². The number of hydroxylamine groups is 2. The van der Waals surface area contributed by atoms with E-state index in [4.69, 9.17) is 0 Å². The molecule has 9 nitrogen and oxygen atoms in total. The van der Waals surface area contributed by atoms with Crippen molar-refractivity contribution in [3.63, 3.8) is 0 Å². The highest BCUT2D eigenvalue weighted by atomic mass is 32.2. The number of methoxy groups -OCH3 is 1. The molecule has 0 spiro atoms. The average molecular weight is 400 g/mol. The molecule has 1 aromatic rings. The standard InChI is InChI=1S/C17H24N2O7S/c1-3-4-5-6-14(11-19(23)12-20)16(21)18-27(24,25)15-9-7-13(8-10-15)17(22)26-2/h7-10,12,14,23H,3-6,11H2,1-2H3,(H,18,21). The zero-order valence-electron chi connectivity index (χ0n) is 15.3. The number of carbonyl (C=O) groups is 3. The second kappa shape index (κ2) is 10.6. The number of sulfonamides is 1. The van der Waals surface area contributed by atoms with E-state index in [9.17, 15) is 28.0 Å². The second-order valence-corrected chi connectivity index (χ2v) is 7.59. The van der Waals surface area contributed by atoms with Gasteiger partial charge in [0.05, 0.1) is 30.0 Å². The second-order valence-electron chi connectivity index (χ2n) is 5.91. The summed E-state index contributed by atoms with van der Waals surface area (Å²) in [5, 5.41) is 9.66. The maximum Gasteiger partial charge on any atom is 0.337 e. The number of hydrogen-bond donors (Lipinski definition) is 2. The van der Waals surface area contributed by atoms with Crippen molar-refractivity contribution in [1.82, 2.24) is 9.79 Å². The van der Waals surface area contributed by atoms with Crippen LogP contribution in [0.15, 0.2) is 29.2 Å². The summed E-state index contributed by atoms with van der Waals surface area (Å²) in [5.41, 5.74) is 0.169. The SMILES string of the molecule is CCCCCC(CN(O)C=O)C(=O)NS(=O)(=O)c1ccc(C(=O)OC)cc1. The molecule has 0 aliphatic heterocycles. The number of unbranched alkanes of at least 4 members (excludes halogenated alkanes) is 2. The van der Waals surface area contributed by atoms with Crippen molar-refractivity contribution in [3.8, 4) is 0 Å². The van der Waals surface area contributed by atoms with E-state index in [2.05, 4.69) is 4.74 Å². The van der Waals surface area contributed by atoms with E-state index in [1.54, 1.807) is 0 Å². The molecule has 10 heteroatoms. The van der Waals surface area contributed by atoms with Crippen LogP contribution in [-0.4, -0.2) is 50.6 Å². The van der Waals surface area contributed by atoms with Gasteiger partial charge in [-0.1, -0.05) is 26.2 Å². The molecule has 2 N–H and O–H groups in total. The highest BCUT2D eigenvalue weighted by molar-refractivity contribution is 7.90. The summed E-state index contributed by atoms with van der Waals surface area (Å²) in [6, 6.07) is 4.90. The fraction of sp³-hybridized carbons (Fsp3) is 0.471. The first-order valence-corrected chi connectivity index (χ1v) is 9.89. The third-order valence-electron chi connectivity index (χ3n) is 3.88. The Morgan fingerprint density at radius 2 is 1.89 bits per heavy atom. The Balaban J connectivity index is 2.90. The topological polar surface area (TPSA) is 130 Å². The first-order chi connectivity index (χ1) is 12.7. The van der Waals surface area contributed by atoms with Crippen molar-refractivity contribution in [1.29, 1.82) is 0 Å². The van der Waals surface area contributed by atoms with Crippen molar-refractivity contribution in [2.45, 2.75) is 37.5 Å². The summed E-state index contributed by atoms with van der Waals surface area (Å²) in [4.78, 5) is 34.2. The van der Waals surface area contributed by atoms with Gasteiger partial charge in [-0.3, -0.25) is 14.8 Å². The Morgan fingerprint density at radius 1 is 1.26 bits per heavy atom. The maximum atomic E-state index is 12.4. The van der Waals surface area contributed by atoms with Gasteiger partial charge in [0.2, 0.25) is 12.3 Å². The molecule has 0 heterocycles. The Hall–Kier alpha value is -2.46. The number of amides is 2. The maximum absolute atomic E-state index is 12.4. The van der Waals surface area contributed by atoms with Gasteiger partial charge < -0.3 is 4.74 Å². The molecule has 0 fully saturated rings. The number of nitrogens with zero attached hydrogens (tertiary/aromatic N) is 1. The smallest absolute Gasteiger partial charge is 0.337 e. The van der Waals surface area contributed by atoms with Crippen LogP contribution in [0.2, 0.25) is 0 Å². The molecule has 1 unspecified atom stereocenters. The van der Waals surface area contributed by atoms with E-state index in [0.717, 1.165) is 12.8 Å². The minimum atomic E-state index is -4.17. The van der Waals surface area contributed by atoms with Gasteiger partial charge in [-0.15, -0.1) is 0 Å². The average Bonchev–Trinajstić information content (AvgIpc) is 2.66. The zero-order chi connectivity index (χ0) is 20.4. The van der Waals surface area contributed by atoms with Gasteiger partial charge in [0, 0.05) is 0 Å². The van der Waals surface area contributed by atoms with Crippen molar-refractivity contribution >= 4 is 28.3 Å². The van der Waals surface area contributed by atoms with Crippen LogP contribution in [0, 0.1) is 5.92 Å². The Labute approximate surface area is 158 Å². The van der Waals surface area contributed by atoms with E-state index < -0.39 is 27.8 Å². The molecule has 0 radical (unpaired) electrons. The van der Waals surface area contributed by atoms with Crippen molar-refractivity contribution in [3.05, 3.63) is 29.8 Å². The Kier molecular flexibility index (Phi) is 8.89. The van der Waals surface area contributed by atoms with E-state index in [1.807, 2.05) is 11.6 Å². The number of hydrogen-bond acceptors (Lipinski definition) is 7. The van der Waals surface area contributed by atoms with Gasteiger partial charge in [0.15, 0.2) is 0 Å². The molecule has 0 aliphatic carbocycles. The van der Waals surface area contributed by atoms with E-state index in [-0.39, 0.29) is 23.4 Å². The predicted molar refractivity (Wildman–Crippen MR) is 95.3 cm³/mol. The summed E-state index contributed by atoms with van der Waals surface area (Å²) >= 11 is 0. The molecule has 1 rings (SSSR count). The van der Waals surface area contributed by atoms with Gasteiger partial charge in [-0.25, -0.2) is 23.0 Å². The summed E-state index contributed by atoms with van der Waals surface area (Å²) < 4.78 is 31.3. The molecule has 150 valence electrons. The quantitative estimate of drug-likeness (QED) is 0.188. The molecular formula is C17H24N2O7S. The van der Waals surface area contributed by atoms with Crippen LogP contribution in [0.1, 0.15) is 43.0 Å². The minimum Gasteiger partial charge on any atom is -0.465 e. The van der Waals surface area contributed by atoms with Crippen LogP contribution in [0.25, 0.3) is 0 Å². The van der Waals surface area contributed by atoms with Gasteiger partial charge in [-0.2, -0.15) is 0 Å². The number of benzene rings is 1. The summed E-state index contributed by atoms with van der Waals surface area (Å²) in [7, 11) is -2.96. The van der Waals surface area contributed by atoms with E-state index in [0.29, 0.717) is 17.9 Å². The molecule has 0 aliphatic rings. The van der Waals surface area contributed by atoms with Crippen LogP contribution in [0.3, 0.4) is 0 Å². The summed E-state index contributed by atoms with van der Waals surface area (Å²) in [5.74, 6) is -2.31. The van der Waals surface area contributed by atoms with Crippen molar-refractivity contribution < 1.29 is 32.7 Å². The molecule has 1 aromatic carbocycles. The predicted octanol–water partition coefficient (Wildman–Crippen LogP) is 1.32. The van der Waals surface area contributed by atoms with Gasteiger partial charge in [-0.05, 0) is 30.7 Å². The molecular weight excluding hydrogens is 376 g/mol. The van der Waals surface area contributed by atoms with Crippen molar-refractivity contribution in [2.75, 3.05) is 13.7 Å². The number of ether oxygens (including phenoxy) is 1. The first-order valence-electron chi connectivity index (χ1n) is 8.41. The monoisotopic (exact) mass is 400 g/mol. The Bertz CT molecular complexity index is 747. The lowest BCUT2D eigenvalue weighted by molar-refractivity contribution is -0.154.